The molecule has 4 rings (SSSR count). The van der Waals surface area contributed by atoms with Gasteiger partial charge in [-0.25, -0.2) is 0 Å². The minimum Gasteiger partial charge on any atom is -0.496 e. The number of nitrogens with zero attached hydrogens (tertiary/aromatic N) is 1. The molecule has 1 heterocycles. The Balaban J connectivity index is 1.27. The molecule has 0 bridgehead atoms. The molecule has 1 saturated heterocycles. The van der Waals surface area contributed by atoms with Crippen LogP contribution in [-0.2, 0) is 13.1 Å². The molecule has 0 atom stereocenters. The Morgan fingerprint density at radius 2 is 1.72 bits per heavy atom. The summed E-state index contributed by atoms with van der Waals surface area (Å²) < 4.78 is 11.7. The highest BCUT2D eigenvalue weighted by atomic mass is 16.5. The summed E-state index contributed by atoms with van der Waals surface area (Å²) >= 11 is 0. The number of carbonyl (C=O) groups is 1. The maximum Gasteiger partial charge on any atom is 0.251 e. The zero-order chi connectivity index (χ0) is 22.2. The van der Waals surface area contributed by atoms with Crippen molar-refractivity contribution in [3.8, 4) is 11.5 Å². The first kappa shape index (κ1) is 21.9. The summed E-state index contributed by atoms with van der Waals surface area (Å²) in [7, 11) is 1.72. The largest absolute Gasteiger partial charge is 0.496 e. The molecular formula is C27H30N2O3. The average Bonchev–Trinajstić information content (AvgIpc) is 2.85. The summed E-state index contributed by atoms with van der Waals surface area (Å²) in [6, 6.07) is 25.5. The van der Waals surface area contributed by atoms with E-state index < -0.39 is 0 Å². The van der Waals surface area contributed by atoms with Crippen molar-refractivity contribution in [1.82, 2.24) is 10.2 Å². The first-order valence-electron chi connectivity index (χ1n) is 11.1. The number of hydrogen-bond donors (Lipinski definition) is 1. The predicted octanol–water partition coefficient (Wildman–Crippen LogP) is 4.67. The van der Waals surface area contributed by atoms with Gasteiger partial charge in [-0.05, 0) is 42.7 Å². The smallest absolute Gasteiger partial charge is 0.251 e. The number of ether oxygens (including phenoxy) is 2. The SMILES string of the molecule is COc1ccccc1CN1CCC(Oc2cccc(C(=O)NCc3ccccc3)c2)CC1. The molecule has 0 aromatic heterocycles. The van der Waals surface area contributed by atoms with E-state index in [1.807, 2.05) is 66.7 Å². The fourth-order valence-corrected chi connectivity index (χ4v) is 4.04. The molecule has 1 fully saturated rings. The van der Waals surface area contributed by atoms with Gasteiger partial charge in [0.1, 0.15) is 17.6 Å². The second kappa shape index (κ2) is 10.8. The van der Waals surface area contributed by atoms with Gasteiger partial charge in [-0.3, -0.25) is 9.69 Å². The van der Waals surface area contributed by atoms with Gasteiger partial charge in [-0.2, -0.15) is 0 Å². The predicted molar refractivity (Wildman–Crippen MR) is 126 cm³/mol. The Kier molecular flexibility index (Phi) is 7.41. The number of likely N-dealkylation sites (tertiary alicyclic amines) is 1. The van der Waals surface area contributed by atoms with Gasteiger partial charge in [-0.1, -0.05) is 54.6 Å². The molecule has 32 heavy (non-hydrogen) atoms. The van der Waals surface area contributed by atoms with Gasteiger partial charge in [0.25, 0.3) is 5.91 Å². The second-order valence-electron chi connectivity index (χ2n) is 8.10. The van der Waals surface area contributed by atoms with Crippen LogP contribution >= 0.6 is 0 Å². The molecule has 3 aromatic rings. The third-order valence-electron chi connectivity index (χ3n) is 5.82. The van der Waals surface area contributed by atoms with Crippen molar-refractivity contribution in [2.24, 2.45) is 0 Å². The molecule has 0 unspecified atom stereocenters. The number of para-hydroxylation sites is 1. The summed E-state index contributed by atoms with van der Waals surface area (Å²) in [5, 5.41) is 2.97. The number of amides is 1. The van der Waals surface area contributed by atoms with Crippen molar-refractivity contribution < 1.29 is 14.3 Å². The third-order valence-corrected chi connectivity index (χ3v) is 5.82. The lowest BCUT2D eigenvalue weighted by Crippen LogP contribution is -2.37. The van der Waals surface area contributed by atoms with Crippen LogP contribution in [0.5, 0.6) is 11.5 Å². The molecule has 5 nitrogen and oxygen atoms in total. The number of rotatable bonds is 8. The first-order chi connectivity index (χ1) is 15.7. The average molecular weight is 431 g/mol. The van der Waals surface area contributed by atoms with Gasteiger partial charge in [0.05, 0.1) is 7.11 Å². The van der Waals surface area contributed by atoms with E-state index in [1.165, 1.54) is 5.56 Å². The van der Waals surface area contributed by atoms with Gasteiger partial charge in [0, 0.05) is 37.3 Å². The van der Waals surface area contributed by atoms with E-state index in [9.17, 15) is 4.79 Å². The Hall–Kier alpha value is -3.31. The summed E-state index contributed by atoms with van der Waals surface area (Å²) in [5.41, 5.74) is 2.91. The lowest BCUT2D eigenvalue weighted by atomic mass is 10.1. The van der Waals surface area contributed by atoms with Gasteiger partial charge in [0.2, 0.25) is 0 Å². The number of nitrogens with one attached hydrogen (secondary N) is 1. The number of piperidine rings is 1. The zero-order valence-corrected chi connectivity index (χ0v) is 18.5. The zero-order valence-electron chi connectivity index (χ0n) is 18.5. The summed E-state index contributed by atoms with van der Waals surface area (Å²) in [4.78, 5) is 15.0. The third kappa shape index (κ3) is 5.89. The molecule has 0 spiro atoms. The topological polar surface area (TPSA) is 50.8 Å². The van der Waals surface area contributed by atoms with Crippen LogP contribution in [-0.4, -0.2) is 37.1 Å². The van der Waals surface area contributed by atoms with Crippen LogP contribution in [0.15, 0.2) is 78.9 Å². The maximum absolute atomic E-state index is 12.5. The van der Waals surface area contributed by atoms with E-state index in [0.717, 1.165) is 49.5 Å². The van der Waals surface area contributed by atoms with E-state index in [0.29, 0.717) is 12.1 Å². The minimum absolute atomic E-state index is 0.0917. The van der Waals surface area contributed by atoms with Crippen molar-refractivity contribution in [3.05, 3.63) is 95.6 Å². The van der Waals surface area contributed by atoms with Crippen LogP contribution in [0.25, 0.3) is 0 Å². The van der Waals surface area contributed by atoms with E-state index in [2.05, 4.69) is 22.3 Å². The van der Waals surface area contributed by atoms with Crippen LogP contribution in [0.2, 0.25) is 0 Å². The van der Waals surface area contributed by atoms with Crippen molar-refractivity contribution in [2.45, 2.75) is 32.0 Å². The van der Waals surface area contributed by atoms with Crippen LogP contribution in [0.4, 0.5) is 0 Å². The molecule has 0 radical (unpaired) electrons. The second-order valence-corrected chi connectivity index (χ2v) is 8.10. The molecule has 1 aliphatic rings. The molecule has 1 aliphatic heterocycles. The van der Waals surface area contributed by atoms with E-state index in [-0.39, 0.29) is 12.0 Å². The van der Waals surface area contributed by atoms with Gasteiger partial charge in [-0.15, -0.1) is 0 Å². The van der Waals surface area contributed by atoms with Crippen LogP contribution in [0.1, 0.15) is 34.3 Å². The Labute approximate surface area is 190 Å². The van der Waals surface area contributed by atoms with Crippen molar-refractivity contribution in [3.63, 3.8) is 0 Å². The van der Waals surface area contributed by atoms with E-state index >= 15 is 0 Å². The Morgan fingerprint density at radius 1 is 0.969 bits per heavy atom. The molecule has 1 N–H and O–H groups in total. The maximum atomic E-state index is 12.5. The van der Waals surface area contributed by atoms with Crippen LogP contribution < -0.4 is 14.8 Å². The quantitative estimate of drug-likeness (QED) is 0.564. The molecule has 3 aromatic carbocycles. The van der Waals surface area contributed by atoms with Crippen molar-refractivity contribution >= 4 is 5.91 Å². The van der Waals surface area contributed by atoms with Crippen molar-refractivity contribution in [2.75, 3.05) is 20.2 Å². The van der Waals surface area contributed by atoms with Gasteiger partial charge >= 0.3 is 0 Å². The highest BCUT2D eigenvalue weighted by Crippen LogP contribution is 2.24. The lowest BCUT2D eigenvalue weighted by molar-refractivity contribution is 0.0933. The molecule has 5 heteroatoms. The molecule has 0 aliphatic carbocycles. The molecule has 166 valence electrons. The normalized spacial score (nSPS) is 14.7. The van der Waals surface area contributed by atoms with E-state index in [1.54, 1.807) is 7.11 Å². The number of hydrogen-bond acceptors (Lipinski definition) is 4. The molecular weight excluding hydrogens is 400 g/mol. The molecule has 1 amide bonds. The monoisotopic (exact) mass is 430 g/mol. The summed E-state index contributed by atoms with van der Waals surface area (Å²) in [5.74, 6) is 1.60. The first-order valence-corrected chi connectivity index (χ1v) is 11.1. The standard InChI is InChI=1S/C27H30N2O3/c1-31-26-13-6-5-10-23(26)20-29-16-14-24(15-17-29)32-25-12-7-11-22(18-25)27(30)28-19-21-8-3-2-4-9-21/h2-13,18,24H,14-17,19-20H2,1H3,(H,28,30). The highest BCUT2D eigenvalue weighted by molar-refractivity contribution is 5.94. The Morgan fingerprint density at radius 3 is 2.50 bits per heavy atom. The fourth-order valence-electron chi connectivity index (χ4n) is 4.04. The number of benzene rings is 3. The highest BCUT2D eigenvalue weighted by Gasteiger charge is 2.21. The van der Waals surface area contributed by atoms with E-state index in [4.69, 9.17) is 9.47 Å². The van der Waals surface area contributed by atoms with Crippen LogP contribution in [0, 0.1) is 0 Å². The molecule has 0 saturated carbocycles. The minimum atomic E-state index is -0.0917. The number of carbonyl (C=O) groups excluding carboxylic acids is 1. The lowest BCUT2D eigenvalue weighted by Gasteiger charge is -2.32. The van der Waals surface area contributed by atoms with Crippen molar-refractivity contribution in [1.29, 1.82) is 0 Å². The van der Waals surface area contributed by atoms with Crippen LogP contribution in [0.3, 0.4) is 0 Å². The van der Waals surface area contributed by atoms with Gasteiger partial charge < -0.3 is 14.8 Å². The Bertz CT molecular complexity index is 1010. The number of methoxy groups -OCH3 is 1. The van der Waals surface area contributed by atoms with Gasteiger partial charge in [0.15, 0.2) is 0 Å². The summed E-state index contributed by atoms with van der Waals surface area (Å²) in [6.45, 7) is 3.34. The fraction of sp³-hybridized carbons (Fsp3) is 0.296. The summed E-state index contributed by atoms with van der Waals surface area (Å²) in [6.07, 6.45) is 2.07.